The highest BCUT2D eigenvalue weighted by molar-refractivity contribution is 8.00. The molecule has 1 atom stereocenters. The lowest BCUT2D eigenvalue weighted by Crippen LogP contribution is -2.30. The lowest BCUT2D eigenvalue weighted by Gasteiger charge is -2.18. The number of aromatic hydroxyl groups is 1. The van der Waals surface area contributed by atoms with Gasteiger partial charge >= 0.3 is 5.97 Å². The molecule has 0 aliphatic rings. The lowest BCUT2D eigenvalue weighted by molar-refractivity contribution is -0.116. The van der Waals surface area contributed by atoms with Crippen LogP contribution in [0.1, 0.15) is 37.1 Å². The van der Waals surface area contributed by atoms with Gasteiger partial charge in [-0.3, -0.25) is 14.4 Å². The van der Waals surface area contributed by atoms with E-state index in [1.54, 1.807) is 72.8 Å². The summed E-state index contributed by atoms with van der Waals surface area (Å²) in [5.41, 5.74) is 4.16. The van der Waals surface area contributed by atoms with Crippen LogP contribution in [-0.2, 0) is 9.59 Å². The van der Waals surface area contributed by atoms with Crippen LogP contribution in [0.5, 0.6) is 5.75 Å². The van der Waals surface area contributed by atoms with Crippen LogP contribution < -0.4 is 16.0 Å². The van der Waals surface area contributed by atoms with Crippen LogP contribution in [0.15, 0.2) is 168 Å². The molecule has 5 N–H and O–H groups in total. The molecule has 0 heterocycles. The van der Waals surface area contributed by atoms with Gasteiger partial charge in [0.15, 0.2) is 0 Å². The van der Waals surface area contributed by atoms with E-state index in [1.165, 1.54) is 30.0 Å². The van der Waals surface area contributed by atoms with E-state index in [1.807, 2.05) is 72.8 Å². The second-order valence-electron chi connectivity index (χ2n) is 11.8. The molecule has 3 amide bonds. The van der Waals surface area contributed by atoms with Gasteiger partial charge < -0.3 is 26.2 Å². The van der Waals surface area contributed by atoms with Crippen LogP contribution in [0.2, 0.25) is 0 Å². The fourth-order valence-electron chi connectivity index (χ4n) is 5.39. The van der Waals surface area contributed by atoms with Crippen LogP contribution in [0.4, 0.5) is 11.4 Å². The second kappa shape index (κ2) is 16.9. The average Bonchev–Trinajstić information content (AvgIpc) is 3.18. The molecule has 0 aliphatic heterocycles. The molecule has 0 saturated heterocycles. The van der Waals surface area contributed by atoms with Crippen LogP contribution in [0, 0.1) is 0 Å². The van der Waals surface area contributed by atoms with E-state index in [0.717, 1.165) is 11.1 Å². The molecule has 0 spiro atoms. The standard InChI is InChI=1S/C43H33N3O6S/c47-38-24-23-34(27-36(38)43(51)52)45-42(50)39(31-13-6-2-7-14-31)53-35-18-10-17-33(26-35)44-41(49)37(46-40(48)32-15-8-3-9-16-32)25-28-19-21-30(22-20-28)29-11-4-1-5-12-29/h1-27,39,47H,(H,44,49)(H,45,50)(H,46,48)(H,51,52)/b37-25+. The Bertz CT molecular complexity index is 2280. The van der Waals surface area contributed by atoms with E-state index >= 15 is 0 Å². The minimum atomic E-state index is -1.33. The third-order valence-corrected chi connectivity index (χ3v) is 9.29. The Morgan fingerprint density at radius 3 is 1.92 bits per heavy atom. The van der Waals surface area contributed by atoms with Gasteiger partial charge in [-0.1, -0.05) is 109 Å². The lowest BCUT2D eigenvalue weighted by atomic mass is 10.0. The maximum Gasteiger partial charge on any atom is 0.339 e. The molecule has 0 aliphatic carbocycles. The number of amides is 3. The SMILES string of the molecule is O=C(Nc1cccc(SC(C(=O)Nc2ccc(O)c(C(=O)O)c2)c2ccccc2)c1)/C(=C\c1ccc(-c2ccccc2)cc1)NC(=O)c1ccccc1. The summed E-state index contributed by atoms with van der Waals surface area (Å²) in [4.78, 5) is 52.9. The number of carboxylic acids is 1. The maximum absolute atomic E-state index is 13.8. The number of carboxylic acid groups (broad SMARTS) is 1. The molecule has 0 radical (unpaired) electrons. The number of carbonyl (C=O) groups is 4. The third kappa shape index (κ3) is 9.46. The van der Waals surface area contributed by atoms with Gasteiger partial charge in [0.25, 0.3) is 11.8 Å². The number of anilines is 2. The van der Waals surface area contributed by atoms with Crippen molar-refractivity contribution in [2.45, 2.75) is 10.1 Å². The van der Waals surface area contributed by atoms with Crippen molar-refractivity contribution in [3.8, 4) is 16.9 Å². The number of hydrogen-bond acceptors (Lipinski definition) is 6. The summed E-state index contributed by atoms with van der Waals surface area (Å²) in [6.07, 6.45) is 1.61. The zero-order chi connectivity index (χ0) is 37.2. The minimum Gasteiger partial charge on any atom is -0.507 e. The molecule has 0 fully saturated rings. The second-order valence-corrected chi connectivity index (χ2v) is 13.0. The van der Waals surface area contributed by atoms with Crippen LogP contribution >= 0.6 is 11.8 Å². The number of hydrogen-bond donors (Lipinski definition) is 5. The normalized spacial score (nSPS) is 11.6. The number of nitrogens with one attached hydrogen (secondary N) is 3. The van der Waals surface area contributed by atoms with Gasteiger partial charge in [-0.2, -0.15) is 0 Å². The minimum absolute atomic E-state index is 0.0283. The van der Waals surface area contributed by atoms with Crippen molar-refractivity contribution < 1.29 is 29.4 Å². The summed E-state index contributed by atoms with van der Waals surface area (Å²) in [5, 5.41) is 27.0. The summed E-state index contributed by atoms with van der Waals surface area (Å²) in [6.45, 7) is 0. The molecule has 53 heavy (non-hydrogen) atoms. The number of carbonyl (C=O) groups excluding carboxylic acids is 3. The summed E-state index contributed by atoms with van der Waals surface area (Å²) in [6, 6.07) is 46.0. The number of phenols is 1. The Hall–Kier alpha value is -6.91. The van der Waals surface area contributed by atoms with Gasteiger partial charge in [-0.15, -0.1) is 11.8 Å². The summed E-state index contributed by atoms with van der Waals surface area (Å²) in [7, 11) is 0. The quantitative estimate of drug-likeness (QED) is 0.0484. The van der Waals surface area contributed by atoms with Gasteiger partial charge in [-0.25, -0.2) is 4.79 Å². The van der Waals surface area contributed by atoms with Gasteiger partial charge in [0.2, 0.25) is 5.91 Å². The average molecular weight is 720 g/mol. The third-order valence-electron chi connectivity index (χ3n) is 8.04. The highest BCUT2D eigenvalue weighted by atomic mass is 32.2. The largest absolute Gasteiger partial charge is 0.507 e. The fourth-order valence-corrected chi connectivity index (χ4v) is 6.47. The molecule has 1 unspecified atom stereocenters. The zero-order valence-electron chi connectivity index (χ0n) is 28.1. The van der Waals surface area contributed by atoms with Crippen LogP contribution in [0.3, 0.4) is 0 Å². The molecular weight excluding hydrogens is 687 g/mol. The Morgan fingerprint density at radius 2 is 1.25 bits per heavy atom. The predicted molar refractivity (Wildman–Crippen MR) is 208 cm³/mol. The number of rotatable bonds is 12. The first-order valence-corrected chi connectivity index (χ1v) is 17.4. The summed E-state index contributed by atoms with van der Waals surface area (Å²) < 4.78 is 0. The first-order valence-electron chi connectivity index (χ1n) is 16.5. The van der Waals surface area contributed by atoms with Gasteiger partial charge in [0.1, 0.15) is 22.3 Å². The Morgan fingerprint density at radius 1 is 0.623 bits per heavy atom. The Labute approximate surface area is 310 Å². The van der Waals surface area contributed by atoms with E-state index < -0.39 is 34.7 Å². The van der Waals surface area contributed by atoms with Crippen molar-refractivity contribution >= 4 is 52.9 Å². The number of thioether (sulfide) groups is 1. The van der Waals surface area contributed by atoms with Crippen molar-refractivity contribution in [2.24, 2.45) is 0 Å². The molecule has 262 valence electrons. The molecule has 6 aromatic carbocycles. The topological polar surface area (TPSA) is 145 Å². The highest BCUT2D eigenvalue weighted by Gasteiger charge is 2.24. The fraction of sp³-hybridized carbons (Fsp3) is 0.0233. The van der Waals surface area contributed by atoms with E-state index in [9.17, 15) is 29.4 Å². The van der Waals surface area contributed by atoms with Crippen molar-refractivity contribution in [3.05, 3.63) is 186 Å². The van der Waals surface area contributed by atoms with E-state index in [-0.39, 0.29) is 16.9 Å². The molecule has 6 aromatic rings. The summed E-state index contributed by atoms with van der Waals surface area (Å²) in [5.74, 6) is -3.17. The molecule has 10 heteroatoms. The maximum atomic E-state index is 13.8. The molecule has 0 saturated carbocycles. The van der Waals surface area contributed by atoms with Gasteiger partial charge in [-0.05, 0) is 76.9 Å². The van der Waals surface area contributed by atoms with Gasteiger partial charge in [0.05, 0.1) is 0 Å². The van der Waals surface area contributed by atoms with Crippen molar-refractivity contribution in [1.29, 1.82) is 0 Å². The first-order chi connectivity index (χ1) is 25.7. The number of benzene rings is 6. The Balaban J connectivity index is 1.24. The van der Waals surface area contributed by atoms with Crippen LogP contribution in [0.25, 0.3) is 17.2 Å². The Kier molecular flexibility index (Phi) is 11.4. The molecule has 0 aromatic heterocycles. The first kappa shape index (κ1) is 35.9. The molecular formula is C43H33N3O6S. The monoisotopic (exact) mass is 719 g/mol. The predicted octanol–water partition coefficient (Wildman–Crippen LogP) is 8.64. The van der Waals surface area contributed by atoms with E-state index in [2.05, 4.69) is 16.0 Å². The zero-order valence-corrected chi connectivity index (χ0v) is 28.9. The highest BCUT2D eigenvalue weighted by Crippen LogP contribution is 2.37. The smallest absolute Gasteiger partial charge is 0.339 e. The molecule has 9 nitrogen and oxygen atoms in total. The van der Waals surface area contributed by atoms with E-state index in [0.29, 0.717) is 27.3 Å². The van der Waals surface area contributed by atoms with Gasteiger partial charge in [0, 0.05) is 21.8 Å². The van der Waals surface area contributed by atoms with Crippen molar-refractivity contribution in [2.75, 3.05) is 10.6 Å². The van der Waals surface area contributed by atoms with Crippen molar-refractivity contribution in [1.82, 2.24) is 5.32 Å². The van der Waals surface area contributed by atoms with Crippen molar-refractivity contribution in [3.63, 3.8) is 0 Å². The molecule has 0 bridgehead atoms. The van der Waals surface area contributed by atoms with E-state index in [4.69, 9.17) is 0 Å². The molecule has 6 rings (SSSR count). The summed E-state index contributed by atoms with van der Waals surface area (Å²) >= 11 is 1.23. The number of aromatic carboxylic acids is 1. The van der Waals surface area contributed by atoms with Crippen LogP contribution in [-0.4, -0.2) is 33.9 Å².